The van der Waals surface area contributed by atoms with E-state index in [0.717, 1.165) is 79.2 Å². The topological polar surface area (TPSA) is 111 Å². The monoisotopic (exact) mass is 557 g/mol. The van der Waals surface area contributed by atoms with Crippen molar-refractivity contribution < 1.29 is 9.84 Å². The zero-order chi connectivity index (χ0) is 27.7. The van der Waals surface area contributed by atoms with E-state index in [1.807, 2.05) is 37.3 Å². The van der Waals surface area contributed by atoms with Gasteiger partial charge in [-0.15, -0.1) is 0 Å². The molecule has 2 aromatic carbocycles. The number of hydrogen-bond donors (Lipinski definition) is 3. The Bertz CT molecular complexity index is 1590. The highest BCUT2D eigenvalue weighted by atomic mass is 35.5. The van der Waals surface area contributed by atoms with Crippen LogP contribution in [0.5, 0.6) is 0 Å². The first kappa shape index (κ1) is 26.5. The first-order valence-electron chi connectivity index (χ1n) is 13.6. The zero-order valence-corrected chi connectivity index (χ0v) is 23.2. The van der Waals surface area contributed by atoms with Gasteiger partial charge >= 0.3 is 0 Å². The van der Waals surface area contributed by atoms with Crippen molar-refractivity contribution in [3.63, 3.8) is 0 Å². The molecule has 1 unspecified atom stereocenters. The van der Waals surface area contributed by atoms with Crippen molar-refractivity contribution in [2.45, 2.75) is 25.3 Å². The highest BCUT2D eigenvalue weighted by Gasteiger charge is 2.36. The van der Waals surface area contributed by atoms with Crippen molar-refractivity contribution >= 4 is 39.8 Å². The number of aromatic nitrogens is 3. The summed E-state index contributed by atoms with van der Waals surface area (Å²) in [4.78, 5) is 11.7. The van der Waals surface area contributed by atoms with Crippen LogP contribution in [0.1, 0.15) is 24.5 Å². The summed E-state index contributed by atoms with van der Waals surface area (Å²) in [6.45, 7) is 8.09. The Morgan fingerprint density at radius 3 is 2.85 bits per heavy atom. The lowest BCUT2D eigenvalue weighted by Crippen LogP contribution is -2.37. The number of aliphatic hydroxyl groups excluding tert-OH is 1. The number of aliphatic hydroxyl groups is 1. The van der Waals surface area contributed by atoms with Crippen LogP contribution in [0.15, 0.2) is 48.8 Å². The Balaban J connectivity index is 1.26. The van der Waals surface area contributed by atoms with Crippen LogP contribution in [0.4, 0.5) is 17.3 Å². The van der Waals surface area contributed by atoms with Gasteiger partial charge in [-0.25, -0.2) is 9.97 Å². The second kappa shape index (κ2) is 11.1. The molecule has 0 aliphatic carbocycles. The molecule has 0 radical (unpaired) electrons. The van der Waals surface area contributed by atoms with Crippen molar-refractivity contribution in [3.8, 4) is 17.3 Å². The summed E-state index contributed by atoms with van der Waals surface area (Å²) >= 11 is 6.56. The van der Waals surface area contributed by atoms with Gasteiger partial charge in [0.1, 0.15) is 6.07 Å². The fraction of sp³-hybridized carbons (Fsp3) is 0.367. The molecular formula is C30H32ClN7O2. The Morgan fingerprint density at radius 1 is 1.20 bits per heavy atom. The number of fused-ring (bicyclic) bond motifs is 2. The third-order valence-corrected chi connectivity index (χ3v) is 8.16. The first-order valence-corrected chi connectivity index (χ1v) is 14.0. The van der Waals surface area contributed by atoms with Crippen LogP contribution < -0.4 is 10.6 Å². The predicted molar refractivity (Wildman–Crippen MR) is 157 cm³/mol. The van der Waals surface area contributed by atoms with Gasteiger partial charge in [-0.2, -0.15) is 5.26 Å². The summed E-state index contributed by atoms with van der Waals surface area (Å²) in [5, 5.41) is 28.2. The molecule has 2 aromatic heterocycles. The molecule has 10 heteroatoms. The Morgan fingerprint density at radius 2 is 2.05 bits per heavy atom. The van der Waals surface area contributed by atoms with E-state index >= 15 is 0 Å². The lowest BCUT2D eigenvalue weighted by molar-refractivity contribution is 0.0369. The molecule has 0 saturated carbocycles. The van der Waals surface area contributed by atoms with E-state index in [4.69, 9.17) is 21.3 Å². The number of halogens is 1. The van der Waals surface area contributed by atoms with Crippen molar-refractivity contribution in [2.75, 3.05) is 56.6 Å². The van der Waals surface area contributed by atoms with Crippen molar-refractivity contribution in [1.82, 2.24) is 19.4 Å². The number of benzene rings is 2. The van der Waals surface area contributed by atoms with Gasteiger partial charge in [0.25, 0.3) is 0 Å². The minimum absolute atomic E-state index is 0.0183. The van der Waals surface area contributed by atoms with Gasteiger partial charge < -0.3 is 25.0 Å². The SMILES string of the molecule is CC1(CO)CNc2c(C#N)cc(-c3ccnc(Nc4cc(Cl)cc5c4ccn5CCCN4CCOCC4)n3)cc21. The number of nitriles is 1. The second-order valence-corrected chi connectivity index (χ2v) is 11.2. The van der Waals surface area contributed by atoms with Gasteiger partial charge in [-0.3, -0.25) is 4.90 Å². The zero-order valence-electron chi connectivity index (χ0n) is 22.5. The second-order valence-electron chi connectivity index (χ2n) is 10.7. The van der Waals surface area contributed by atoms with Gasteiger partial charge in [0, 0.05) is 66.5 Å². The average molecular weight is 558 g/mol. The molecule has 1 fully saturated rings. The molecule has 206 valence electrons. The molecule has 9 nitrogen and oxygen atoms in total. The van der Waals surface area contributed by atoms with E-state index in [1.54, 1.807) is 6.20 Å². The maximum absolute atomic E-state index is 10.0. The van der Waals surface area contributed by atoms with Crippen LogP contribution in [0.3, 0.4) is 0 Å². The summed E-state index contributed by atoms with van der Waals surface area (Å²) in [6.07, 6.45) is 4.84. The number of nitrogens with one attached hydrogen (secondary N) is 2. The molecule has 4 heterocycles. The molecule has 0 bridgehead atoms. The van der Waals surface area contributed by atoms with Crippen LogP contribution in [0.2, 0.25) is 5.02 Å². The highest BCUT2D eigenvalue weighted by Crippen LogP contribution is 2.41. The smallest absolute Gasteiger partial charge is 0.227 e. The van der Waals surface area contributed by atoms with Gasteiger partial charge in [0.05, 0.1) is 48.0 Å². The summed E-state index contributed by atoms with van der Waals surface area (Å²) in [5.74, 6) is 0.434. The Labute approximate surface area is 238 Å². The average Bonchev–Trinajstić information content (AvgIpc) is 3.54. The van der Waals surface area contributed by atoms with E-state index in [2.05, 4.69) is 43.4 Å². The number of aryl methyl sites for hydroxylation is 1. The molecule has 40 heavy (non-hydrogen) atoms. The van der Waals surface area contributed by atoms with Crippen LogP contribution in [0, 0.1) is 11.3 Å². The lowest BCUT2D eigenvalue weighted by Gasteiger charge is -2.26. The fourth-order valence-corrected chi connectivity index (χ4v) is 5.83. The third kappa shape index (κ3) is 5.11. The Hall–Kier alpha value is -3.68. The molecule has 2 aliphatic rings. The summed E-state index contributed by atoms with van der Waals surface area (Å²) < 4.78 is 7.70. The minimum atomic E-state index is -0.465. The molecule has 0 amide bonds. The molecule has 0 spiro atoms. The first-order chi connectivity index (χ1) is 19.5. The van der Waals surface area contributed by atoms with Crippen molar-refractivity contribution in [2.24, 2.45) is 0 Å². The van der Waals surface area contributed by atoms with Crippen LogP contribution >= 0.6 is 11.6 Å². The summed E-state index contributed by atoms with van der Waals surface area (Å²) in [6, 6.07) is 13.9. The predicted octanol–water partition coefficient (Wildman–Crippen LogP) is 4.76. The maximum atomic E-state index is 10.0. The molecule has 6 rings (SSSR count). The van der Waals surface area contributed by atoms with Crippen LogP contribution in [0.25, 0.3) is 22.2 Å². The molecule has 4 aromatic rings. The molecule has 1 saturated heterocycles. The Kier molecular flexibility index (Phi) is 7.34. The number of nitrogens with zero attached hydrogens (tertiary/aromatic N) is 5. The highest BCUT2D eigenvalue weighted by molar-refractivity contribution is 6.32. The normalized spacial score (nSPS) is 18.9. The summed E-state index contributed by atoms with van der Waals surface area (Å²) in [5.41, 5.74) is 5.14. The largest absolute Gasteiger partial charge is 0.395 e. The molecule has 3 N–H and O–H groups in total. The third-order valence-electron chi connectivity index (χ3n) is 7.94. The van der Waals surface area contributed by atoms with Crippen LogP contribution in [-0.4, -0.2) is 70.5 Å². The van der Waals surface area contributed by atoms with E-state index in [9.17, 15) is 10.4 Å². The van der Waals surface area contributed by atoms with Crippen LogP contribution in [-0.2, 0) is 16.7 Å². The van der Waals surface area contributed by atoms with E-state index in [0.29, 0.717) is 28.8 Å². The fourth-order valence-electron chi connectivity index (χ4n) is 5.61. The van der Waals surface area contributed by atoms with Crippen molar-refractivity contribution in [3.05, 3.63) is 64.9 Å². The van der Waals surface area contributed by atoms with E-state index in [-0.39, 0.29) is 6.61 Å². The number of hydrogen-bond acceptors (Lipinski definition) is 8. The summed E-state index contributed by atoms with van der Waals surface area (Å²) in [7, 11) is 0. The van der Waals surface area contributed by atoms with Crippen molar-refractivity contribution in [1.29, 1.82) is 5.26 Å². The number of morpholine rings is 1. The maximum Gasteiger partial charge on any atom is 0.227 e. The van der Waals surface area contributed by atoms with Gasteiger partial charge in [0.2, 0.25) is 5.95 Å². The standard InChI is InChI=1S/C30H32ClN7O2/c1-30(19-39)18-34-28-21(17-32)13-20(14-24(28)30)25-3-5-33-29(35-25)36-26-15-22(31)16-27-23(26)4-8-38(27)7-2-6-37-9-11-40-12-10-37/h3-5,8,13-16,34,39H,2,6-7,9-12,18-19H2,1H3,(H,33,35,36). The molecular weight excluding hydrogens is 526 g/mol. The van der Waals surface area contributed by atoms with Gasteiger partial charge in [0.15, 0.2) is 0 Å². The number of ether oxygens (including phenoxy) is 1. The number of anilines is 3. The number of rotatable bonds is 8. The molecule has 2 aliphatic heterocycles. The van der Waals surface area contributed by atoms with E-state index in [1.165, 1.54) is 0 Å². The lowest BCUT2D eigenvalue weighted by atomic mass is 9.83. The van der Waals surface area contributed by atoms with E-state index < -0.39 is 5.41 Å². The quantitative estimate of drug-likeness (QED) is 0.284. The van der Waals surface area contributed by atoms with Gasteiger partial charge in [-0.1, -0.05) is 18.5 Å². The van der Waals surface area contributed by atoms with Gasteiger partial charge in [-0.05, 0) is 48.4 Å². The minimum Gasteiger partial charge on any atom is -0.395 e. The molecule has 1 atom stereocenters.